The number of anilines is 1. The first-order valence-corrected chi connectivity index (χ1v) is 5.86. The largest absolute Gasteiger partial charge is 0.464 e. The number of aromatic nitrogens is 1. The van der Waals surface area contributed by atoms with Gasteiger partial charge in [0.15, 0.2) is 0 Å². The maximum atomic E-state index is 13.1. The number of aromatic amines is 1. The zero-order chi connectivity index (χ0) is 13.8. The van der Waals surface area contributed by atoms with Gasteiger partial charge in [-0.15, -0.1) is 0 Å². The van der Waals surface area contributed by atoms with Crippen molar-refractivity contribution >= 4 is 11.7 Å². The van der Waals surface area contributed by atoms with Crippen molar-refractivity contribution in [3.05, 3.63) is 53.1 Å². The first-order chi connectivity index (χ1) is 9.10. The van der Waals surface area contributed by atoms with E-state index in [0.29, 0.717) is 17.8 Å². The second kappa shape index (κ2) is 5.56. The monoisotopic (exact) mass is 262 g/mol. The van der Waals surface area contributed by atoms with Crippen molar-refractivity contribution < 1.29 is 13.9 Å². The van der Waals surface area contributed by atoms with Gasteiger partial charge in [-0.1, -0.05) is 0 Å². The quantitative estimate of drug-likeness (QED) is 0.833. The van der Waals surface area contributed by atoms with Crippen LogP contribution in [-0.2, 0) is 11.3 Å². The Bertz CT molecular complexity index is 593. The van der Waals surface area contributed by atoms with Gasteiger partial charge in [0.2, 0.25) is 0 Å². The molecule has 0 saturated carbocycles. The summed E-state index contributed by atoms with van der Waals surface area (Å²) in [6, 6.07) is 8.30. The molecule has 100 valence electrons. The number of benzene rings is 1. The van der Waals surface area contributed by atoms with E-state index in [1.54, 1.807) is 31.2 Å². The molecule has 0 bridgehead atoms. The number of halogens is 1. The van der Waals surface area contributed by atoms with E-state index in [4.69, 9.17) is 0 Å². The molecule has 2 aromatic rings. The number of rotatable bonds is 4. The molecule has 0 fully saturated rings. The van der Waals surface area contributed by atoms with Crippen LogP contribution < -0.4 is 5.32 Å². The summed E-state index contributed by atoms with van der Waals surface area (Å²) in [6.07, 6.45) is 0. The van der Waals surface area contributed by atoms with Crippen LogP contribution in [0.25, 0.3) is 0 Å². The average molecular weight is 262 g/mol. The number of carbonyl (C=O) groups excluding carboxylic acids is 1. The van der Waals surface area contributed by atoms with Gasteiger partial charge in [-0.05, 0) is 42.8 Å². The van der Waals surface area contributed by atoms with Crippen LogP contribution in [0, 0.1) is 12.7 Å². The van der Waals surface area contributed by atoms with Crippen LogP contribution in [0.5, 0.6) is 0 Å². The Morgan fingerprint density at radius 2 is 2.16 bits per heavy atom. The molecule has 1 heterocycles. The van der Waals surface area contributed by atoms with E-state index in [-0.39, 0.29) is 5.82 Å². The molecule has 2 N–H and O–H groups in total. The fourth-order valence-electron chi connectivity index (χ4n) is 1.72. The highest BCUT2D eigenvalue weighted by molar-refractivity contribution is 5.87. The van der Waals surface area contributed by atoms with Gasteiger partial charge in [-0.2, -0.15) is 0 Å². The summed E-state index contributed by atoms with van der Waals surface area (Å²) >= 11 is 0. The third-order valence-electron chi connectivity index (χ3n) is 2.79. The molecule has 5 heteroatoms. The van der Waals surface area contributed by atoms with Crippen molar-refractivity contribution in [2.24, 2.45) is 0 Å². The number of carbonyl (C=O) groups is 1. The van der Waals surface area contributed by atoms with Crippen molar-refractivity contribution in [3.63, 3.8) is 0 Å². The Labute approximate surface area is 110 Å². The molecule has 0 atom stereocenters. The molecule has 0 aliphatic rings. The number of hydrogen-bond donors (Lipinski definition) is 2. The minimum absolute atomic E-state index is 0.224. The van der Waals surface area contributed by atoms with Crippen LogP contribution in [0.2, 0.25) is 0 Å². The minimum atomic E-state index is -0.399. The van der Waals surface area contributed by atoms with Crippen molar-refractivity contribution in [1.82, 2.24) is 4.98 Å². The van der Waals surface area contributed by atoms with E-state index in [1.807, 2.05) is 0 Å². The smallest absolute Gasteiger partial charge is 0.354 e. The van der Waals surface area contributed by atoms with E-state index >= 15 is 0 Å². The van der Waals surface area contributed by atoms with Crippen LogP contribution in [0.1, 0.15) is 21.7 Å². The van der Waals surface area contributed by atoms with E-state index in [2.05, 4.69) is 15.0 Å². The molecule has 0 aliphatic carbocycles. The van der Waals surface area contributed by atoms with Gasteiger partial charge in [0.1, 0.15) is 11.5 Å². The zero-order valence-electron chi connectivity index (χ0n) is 10.8. The van der Waals surface area contributed by atoms with Crippen LogP contribution in [0.15, 0.2) is 30.3 Å². The topological polar surface area (TPSA) is 54.1 Å². The van der Waals surface area contributed by atoms with Crippen molar-refractivity contribution in [1.29, 1.82) is 0 Å². The molecule has 0 unspecified atom stereocenters. The summed E-state index contributed by atoms with van der Waals surface area (Å²) in [5.74, 6) is -0.623. The number of hydrogen-bond acceptors (Lipinski definition) is 3. The maximum Gasteiger partial charge on any atom is 0.354 e. The number of aryl methyl sites for hydroxylation is 1. The van der Waals surface area contributed by atoms with Crippen molar-refractivity contribution in [3.8, 4) is 0 Å². The normalized spacial score (nSPS) is 10.3. The molecular formula is C14H15FN2O2. The van der Waals surface area contributed by atoms with E-state index in [1.165, 1.54) is 13.2 Å². The fourth-order valence-corrected chi connectivity index (χ4v) is 1.72. The molecular weight excluding hydrogens is 247 g/mol. The third kappa shape index (κ3) is 3.13. The summed E-state index contributed by atoms with van der Waals surface area (Å²) in [7, 11) is 1.34. The number of esters is 1. The predicted molar refractivity (Wildman–Crippen MR) is 70.6 cm³/mol. The first kappa shape index (κ1) is 13.1. The lowest BCUT2D eigenvalue weighted by Gasteiger charge is -2.06. The number of nitrogens with one attached hydrogen (secondary N) is 2. The summed E-state index contributed by atoms with van der Waals surface area (Å²) in [5.41, 5.74) is 2.68. The number of H-pyrrole nitrogens is 1. The molecule has 0 aliphatic heterocycles. The minimum Gasteiger partial charge on any atom is -0.464 e. The van der Waals surface area contributed by atoms with E-state index in [0.717, 1.165) is 11.4 Å². The number of methoxy groups -OCH3 is 1. The van der Waals surface area contributed by atoms with Crippen LogP contribution in [0.3, 0.4) is 0 Å². The Kier molecular flexibility index (Phi) is 3.85. The van der Waals surface area contributed by atoms with Gasteiger partial charge in [-0.25, -0.2) is 9.18 Å². The molecule has 19 heavy (non-hydrogen) atoms. The number of ether oxygens (including phenoxy) is 1. The van der Waals surface area contributed by atoms with Crippen LogP contribution in [0.4, 0.5) is 10.1 Å². The molecule has 0 spiro atoms. The summed E-state index contributed by atoms with van der Waals surface area (Å²) in [6.45, 7) is 2.23. The molecule has 0 amide bonds. The lowest BCUT2D eigenvalue weighted by atomic mass is 10.2. The fraction of sp³-hybridized carbons (Fsp3) is 0.214. The second-order valence-electron chi connectivity index (χ2n) is 4.21. The van der Waals surface area contributed by atoms with Crippen molar-refractivity contribution in [2.45, 2.75) is 13.5 Å². The standard InChI is InChI=1S/C14H15FN2O2/c1-9-7-10(3-5-12(9)15)16-8-11-4-6-13(17-11)14(18)19-2/h3-7,16-17H,8H2,1-2H3. The maximum absolute atomic E-state index is 13.1. The lowest BCUT2D eigenvalue weighted by molar-refractivity contribution is 0.0594. The second-order valence-corrected chi connectivity index (χ2v) is 4.21. The highest BCUT2D eigenvalue weighted by Crippen LogP contribution is 2.14. The molecule has 1 aromatic carbocycles. The molecule has 4 nitrogen and oxygen atoms in total. The highest BCUT2D eigenvalue weighted by atomic mass is 19.1. The van der Waals surface area contributed by atoms with Gasteiger partial charge in [0.25, 0.3) is 0 Å². The molecule has 0 radical (unpaired) electrons. The zero-order valence-corrected chi connectivity index (χ0v) is 10.8. The van der Waals surface area contributed by atoms with Crippen LogP contribution >= 0.6 is 0 Å². The van der Waals surface area contributed by atoms with Gasteiger partial charge in [0.05, 0.1) is 13.7 Å². The van der Waals surface area contributed by atoms with Gasteiger partial charge in [0, 0.05) is 11.4 Å². The average Bonchev–Trinajstić information content (AvgIpc) is 2.88. The summed E-state index contributed by atoms with van der Waals surface area (Å²) in [4.78, 5) is 14.2. The summed E-state index contributed by atoms with van der Waals surface area (Å²) in [5, 5.41) is 3.15. The Balaban J connectivity index is 2.00. The predicted octanol–water partition coefficient (Wildman–Crippen LogP) is 2.86. The summed E-state index contributed by atoms with van der Waals surface area (Å²) < 4.78 is 17.7. The van der Waals surface area contributed by atoms with Gasteiger partial charge in [-0.3, -0.25) is 0 Å². The van der Waals surface area contributed by atoms with Gasteiger partial charge < -0.3 is 15.0 Å². The molecule has 0 saturated heterocycles. The van der Waals surface area contributed by atoms with Crippen molar-refractivity contribution in [2.75, 3.05) is 12.4 Å². The third-order valence-corrected chi connectivity index (χ3v) is 2.79. The molecule has 1 aromatic heterocycles. The highest BCUT2D eigenvalue weighted by Gasteiger charge is 2.07. The van der Waals surface area contributed by atoms with Crippen LogP contribution in [-0.4, -0.2) is 18.1 Å². The molecule has 2 rings (SSSR count). The SMILES string of the molecule is COC(=O)c1ccc(CNc2ccc(F)c(C)c2)[nH]1. The first-order valence-electron chi connectivity index (χ1n) is 5.86. The van der Waals surface area contributed by atoms with E-state index < -0.39 is 5.97 Å². The Morgan fingerprint density at radius 1 is 1.37 bits per heavy atom. The van der Waals surface area contributed by atoms with E-state index in [9.17, 15) is 9.18 Å². The Morgan fingerprint density at radius 3 is 2.84 bits per heavy atom. The Hall–Kier alpha value is -2.30. The van der Waals surface area contributed by atoms with Gasteiger partial charge >= 0.3 is 5.97 Å². The lowest BCUT2D eigenvalue weighted by Crippen LogP contribution is -2.04.